The van der Waals surface area contributed by atoms with E-state index in [0.717, 1.165) is 32.1 Å². The molecule has 0 spiro atoms. The van der Waals surface area contributed by atoms with E-state index in [-0.39, 0.29) is 17.9 Å². The lowest BCUT2D eigenvalue weighted by Gasteiger charge is -2.28. The minimum Gasteiger partial charge on any atom is -0.388 e. The summed E-state index contributed by atoms with van der Waals surface area (Å²) in [5.74, 6) is -0.0388. The number of hydrogen-bond donors (Lipinski definition) is 2. The fourth-order valence-electron chi connectivity index (χ4n) is 2.69. The second-order valence-corrected chi connectivity index (χ2v) is 5.41. The largest absolute Gasteiger partial charge is 0.388 e. The number of aliphatic hydroxyl groups is 1. The molecule has 0 radical (unpaired) electrons. The van der Waals surface area contributed by atoms with Crippen molar-refractivity contribution in [1.29, 1.82) is 0 Å². The Morgan fingerprint density at radius 3 is 2.44 bits per heavy atom. The Bertz CT molecular complexity index is 262. The Morgan fingerprint density at radius 2 is 2.00 bits per heavy atom. The lowest BCUT2D eigenvalue weighted by Crippen LogP contribution is -2.45. The van der Waals surface area contributed by atoms with E-state index in [0.29, 0.717) is 13.2 Å². The topological polar surface area (TPSA) is 58.6 Å². The van der Waals surface area contributed by atoms with Crippen molar-refractivity contribution in [3.63, 3.8) is 0 Å². The molecule has 1 aliphatic rings. The number of carbonyl (C=O) groups is 1. The summed E-state index contributed by atoms with van der Waals surface area (Å²) < 4.78 is 5.39. The summed E-state index contributed by atoms with van der Waals surface area (Å²) in [6.07, 6.45) is 4.10. The van der Waals surface area contributed by atoms with E-state index in [2.05, 4.69) is 19.2 Å². The van der Waals surface area contributed by atoms with Crippen molar-refractivity contribution in [3.05, 3.63) is 0 Å². The molecule has 18 heavy (non-hydrogen) atoms. The van der Waals surface area contributed by atoms with Crippen LogP contribution in [0.2, 0.25) is 0 Å². The molecule has 0 aromatic heterocycles. The lowest BCUT2D eigenvalue weighted by atomic mass is 9.92. The van der Waals surface area contributed by atoms with Crippen molar-refractivity contribution >= 4 is 5.91 Å². The van der Waals surface area contributed by atoms with Gasteiger partial charge in [0.15, 0.2) is 0 Å². The molecule has 1 saturated heterocycles. The first kappa shape index (κ1) is 15.4. The van der Waals surface area contributed by atoms with E-state index < -0.39 is 5.60 Å². The van der Waals surface area contributed by atoms with Crippen molar-refractivity contribution in [3.8, 4) is 0 Å². The molecule has 0 aromatic rings. The second kappa shape index (κ2) is 7.10. The molecule has 0 aliphatic carbocycles. The average Bonchev–Trinajstić information content (AvgIpc) is 2.73. The van der Waals surface area contributed by atoms with E-state index in [1.54, 1.807) is 0 Å². The van der Waals surface area contributed by atoms with Gasteiger partial charge < -0.3 is 15.2 Å². The Morgan fingerprint density at radius 1 is 1.39 bits per heavy atom. The molecule has 2 unspecified atom stereocenters. The molecule has 0 bridgehead atoms. The molecule has 1 aliphatic heterocycles. The van der Waals surface area contributed by atoms with Gasteiger partial charge in [0, 0.05) is 13.2 Å². The van der Waals surface area contributed by atoms with Gasteiger partial charge in [-0.05, 0) is 26.2 Å². The number of hydrogen-bond acceptors (Lipinski definition) is 3. The molecule has 106 valence electrons. The summed E-state index contributed by atoms with van der Waals surface area (Å²) in [5, 5.41) is 13.3. The van der Waals surface area contributed by atoms with Gasteiger partial charge in [-0.25, -0.2) is 0 Å². The van der Waals surface area contributed by atoms with Gasteiger partial charge in [0.05, 0.1) is 17.6 Å². The monoisotopic (exact) mass is 257 g/mol. The minimum atomic E-state index is -0.748. The maximum atomic E-state index is 12.0. The molecule has 2 N–H and O–H groups in total. The minimum absolute atomic E-state index is 0.00422. The van der Waals surface area contributed by atoms with E-state index in [1.165, 1.54) is 0 Å². The molecule has 1 fully saturated rings. The molecule has 1 rings (SSSR count). The van der Waals surface area contributed by atoms with Crippen LogP contribution in [0.15, 0.2) is 0 Å². The predicted octanol–water partition coefficient (Wildman–Crippen LogP) is 1.86. The Kier molecular flexibility index (Phi) is 6.09. The van der Waals surface area contributed by atoms with Crippen LogP contribution in [0.25, 0.3) is 0 Å². The lowest BCUT2D eigenvalue weighted by molar-refractivity contribution is -0.127. The van der Waals surface area contributed by atoms with Gasteiger partial charge in [-0.3, -0.25) is 4.79 Å². The van der Waals surface area contributed by atoms with Gasteiger partial charge in [0.25, 0.3) is 0 Å². The van der Waals surface area contributed by atoms with Gasteiger partial charge in [-0.1, -0.05) is 26.7 Å². The van der Waals surface area contributed by atoms with Crippen LogP contribution in [0.5, 0.6) is 0 Å². The zero-order chi connectivity index (χ0) is 13.6. The van der Waals surface area contributed by atoms with E-state index in [4.69, 9.17) is 4.74 Å². The molecule has 1 heterocycles. The average molecular weight is 257 g/mol. The number of nitrogens with one attached hydrogen (secondary N) is 1. The second-order valence-electron chi connectivity index (χ2n) is 5.41. The highest BCUT2D eigenvalue weighted by atomic mass is 16.5. The predicted molar refractivity (Wildman–Crippen MR) is 71.3 cm³/mol. The Labute approximate surface area is 110 Å². The van der Waals surface area contributed by atoms with Gasteiger partial charge >= 0.3 is 0 Å². The third-order valence-electron chi connectivity index (χ3n) is 3.74. The van der Waals surface area contributed by atoms with Crippen LogP contribution in [0.1, 0.15) is 52.9 Å². The smallest absolute Gasteiger partial charge is 0.225 e. The van der Waals surface area contributed by atoms with E-state index >= 15 is 0 Å². The summed E-state index contributed by atoms with van der Waals surface area (Å²) in [5.41, 5.74) is -0.748. The summed E-state index contributed by atoms with van der Waals surface area (Å²) in [6, 6.07) is 0. The highest BCUT2D eigenvalue weighted by molar-refractivity contribution is 5.79. The standard InChI is InChI=1S/C14H27NO3/c1-4-7-14(17,8-5-2)10-15-13(16)12-6-9-18-11(12)3/h11-12,17H,4-10H2,1-3H3,(H,15,16). The zero-order valence-electron chi connectivity index (χ0n) is 11.9. The molecule has 0 saturated carbocycles. The van der Waals surface area contributed by atoms with Crippen molar-refractivity contribution in [2.75, 3.05) is 13.2 Å². The van der Waals surface area contributed by atoms with Crippen LogP contribution in [0, 0.1) is 5.92 Å². The Hall–Kier alpha value is -0.610. The zero-order valence-corrected chi connectivity index (χ0v) is 11.9. The first-order chi connectivity index (χ1) is 8.52. The third-order valence-corrected chi connectivity index (χ3v) is 3.74. The quantitative estimate of drug-likeness (QED) is 0.732. The number of ether oxygens (including phenoxy) is 1. The summed E-state index contributed by atoms with van der Waals surface area (Å²) in [7, 11) is 0. The molecular weight excluding hydrogens is 230 g/mol. The number of amides is 1. The molecule has 4 nitrogen and oxygen atoms in total. The molecule has 1 amide bonds. The van der Waals surface area contributed by atoms with Gasteiger partial charge in [-0.2, -0.15) is 0 Å². The van der Waals surface area contributed by atoms with Gasteiger partial charge in [0.2, 0.25) is 5.91 Å². The first-order valence-electron chi connectivity index (χ1n) is 7.14. The SMILES string of the molecule is CCCC(O)(CCC)CNC(=O)C1CCOC1C. The van der Waals surface area contributed by atoms with E-state index in [1.807, 2.05) is 6.92 Å². The van der Waals surface area contributed by atoms with Crippen LogP contribution in [0.3, 0.4) is 0 Å². The van der Waals surface area contributed by atoms with Crippen LogP contribution in [0.4, 0.5) is 0 Å². The fraction of sp³-hybridized carbons (Fsp3) is 0.929. The molecule has 4 heteroatoms. The van der Waals surface area contributed by atoms with E-state index in [9.17, 15) is 9.90 Å². The fourth-order valence-corrected chi connectivity index (χ4v) is 2.69. The summed E-state index contributed by atoms with van der Waals surface area (Å²) in [4.78, 5) is 12.0. The normalized spacial score (nSPS) is 24.2. The highest BCUT2D eigenvalue weighted by Crippen LogP contribution is 2.22. The van der Waals surface area contributed by atoms with Crippen molar-refractivity contribution in [2.45, 2.75) is 64.6 Å². The highest BCUT2D eigenvalue weighted by Gasteiger charge is 2.32. The first-order valence-corrected chi connectivity index (χ1v) is 7.14. The molecule has 0 aromatic carbocycles. The molecule has 2 atom stereocenters. The van der Waals surface area contributed by atoms with Gasteiger partial charge in [-0.15, -0.1) is 0 Å². The van der Waals surface area contributed by atoms with Crippen LogP contribution >= 0.6 is 0 Å². The maximum absolute atomic E-state index is 12.0. The Balaban J connectivity index is 2.43. The summed E-state index contributed by atoms with van der Waals surface area (Å²) >= 11 is 0. The number of carbonyl (C=O) groups excluding carboxylic acids is 1. The maximum Gasteiger partial charge on any atom is 0.225 e. The summed E-state index contributed by atoms with van der Waals surface area (Å²) in [6.45, 7) is 7.05. The van der Waals surface area contributed by atoms with Crippen LogP contribution in [-0.2, 0) is 9.53 Å². The van der Waals surface area contributed by atoms with Gasteiger partial charge in [0.1, 0.15) is 0 Å². The van der Waals surface area contributed by atoms with Crippen molar-refractivity contribution in [1.82, 2.24) is 5.32 Å². The number of rotatable bonds is 7. The van der Waals surface area contributed by atoms with Crippen LogP contribution < -0.4 is 5.32 Å². The van der Waals surface area contributed by atoms with Crippen molar-refractivity contribution < 1.29 is 14.6 Å². The molecular formula is C14H27NO3. The van der Waals surface area contributed by atoms with Crippen molar-refractivity contribution in [2.24, 2.45) is 5.92 Å². The van der Waals surface area contributed by atoms with Crippen LogP contribution in [-0.4, -0.2) is 35.9 Å². The third kappa shape index (κ3) is 4.25.